The molecule has 34 heavy (non-hydrogen) atoms. The highest BCUT2D eigenvalue weighted by atomic mass is 16.5. The number of nitrogens with zero attached hydrogens (tertiary/aromatic N) is 1. The molecule has 0 spiro atoms. The Kier molecular flexibility index (Phi) is 6.33. The normalized spacial score (nSPS) is 13.9. The van der Waals surface area contributed by atoms with Crippen LogP contribution in [-0.2, 0) is 16.1 Å². The Morgan fingerprint density at radius 1 is 1.09 bits per heavy atom. The van der Waals surface area contributed by atoms with Gasteiger partial charge in [0.05, 0.1) is 13.2 Å². The molecule has 0 saturated heterocycles. The summed E-state index contributed by atoms with van der Waals surface area (Å²) in [7, 11) is 0. The van der Waals surface area contributed by atoms with E-state index in [9.17, 15) is 19.5 Å². The largest absolute Gasteiger partial charge is 0.479 e. The van der Waals surface area contributed by atoms with Gasteiger partial charge in [-0.05, 0) is 29.2 Å². The van der Waals surface area contributed by atoms with Crippen LogP contribution in [0.1, 0.15) is 40.2 Å². The molecule has 4 N–H and O–H groups in total. The van der Waals surface area contributed by atoms with Gasteiger partial charge in [-0.15, -0.1) is 0 Å². The molecule has 10 heteroatoms. The van der Waals surface area contributed by atoms with Crippen molar-refractivity contribution < 1.29 is 33.9 Å². The third-order valence-electron chi connectivity index (χ3n) is 5.72. The molecule has 0 fully saturated rings. The molecule has 2 amide bonds. The van der Waals surface area contributed by atoms with Crippen LogP contribution in [0.2, 0.25) is 0 Å². The first-order valence-electron chi connectivity index (χ1n) is 10.5. The van der Waals surface area contributed by atoms with Crippen molar-refractivity contribution in [2.24, 2.45) is 0 Å². The van der Waals surface area contributed by atoms with Crippen molar-refractivity contribution in [1.29, 1.82) is 0 Å². The van der Waals surface area contributed by atoms with E-state index in [0.717, 1.165) is 29.2 Å². The molecular formula is C24H23N3O7. The second kappa shape index (κ2) is 9.36. The molecule has 1 aliphatic rings. The number of carboxylic acid groups (broad SMARTS) is 1. The third-order valence-corrected chi connectivity index (χ3v) is 5.72. The molecule has 4 rings (SSSR count). The van der Waals surface area contributed by atoms with Crippen molar-refractivity contribution in [3.63, 3.8) is 0 Å². The van der Waals surface area contributed by atoms with Crippen LogP contribution >= 0.6 is 0 Å². The van der Waals surface area contributed by atoms with Crippen molar-refractivity contribution >= 4 is 18.0 Å². The number of carbonyl (C=O) groups excluding carboxylic acids is 2. The van der Waals surface area contributed by atoms with Gasteiger partial charge in [0.2, 0.25) is 0 Å². The van der Waals surface area contributed by atoms with E-state index in [1.807, 2.05) is 48.5 Å². The summed E-state index contributed by atoms with van der Waals surface area (Å²) >= 11 is 0. The van der Waals surface area contributed by atoms with Gasteiger partial charge >= 0.3 is 12.1 Å². The lowest BCUT2D eigenvalue weighted by molar-refractivity contribution is -0.145. The van der Waals surface area contributed by atoms with E-state index in [1.54, 1.807) is 0 Å². The number of fused-ring (bicyclic) bond motifs is 3. The van der Waals surface area contributed by atoms with Gasteiger partial charge in [0.25, 0.3) is 5.91 Å². The zero-order chi connectivity index (χ0) is 24.3. The topological polar surface area (TPSA) is 151 Å². The minimum Gasteiger partial charge on any atom is -0.479 e. The Morgan fingerprint density at radius 3 is 2.29 bits per heavy atom. The Hall–Kier alpha value is -4.18. The molecule has 2 aromatic carbocycles. The zero-order valence-electron chi connectivity index (χ0n) is 18.3. The predicted octanol–water partition coefficient (Wildman–Crippen LogP) is 2.28. The number of benzene rings is 2. The van der Waals surface area contributed by atoms with Crippen molar-refractivity contribution in [3.05, 3.63) is 77.2 Å². The number of rotatable bonds is 8. The lowest BCUT2D eigenvalue weighted by Gasteiger charge is -2.22. The molecule has 10 nitrogen and oxygen atoms in total. The summed E-state index contributed by atoms with van der Waals surface area (Å²) in [6.45, 7) is 0.418. The summed E-state index contributed by atoms with van der Waals surface area (Å²) in [6, 6.07) is 17.3. The minimum atomic E-state index is -1.87. The first-order valence-corrected chi connectivity index (χ1v) is 10.5. The maximum Gasteiger partial charge on any atom is 0.407 e. The van der Waals surface area contributed by atoms with Crippen molar-refractivity contribution in [2.75, 3.05) is 13.2 Å². The fourth-order valence-electron chi connectivity index (χ4n) is 3.79. The highest BCUT2D eigenvalue weighted by molar-refractivity contribution is 5.96. The van der Waals surface area contributed by atoms with Crippen molar-refractivity contribution in [1.82, 2.24) is 15.8 Å². The second-order valence-electron chi connectivity index (χ2n) is 8.11. The SMILES string of the molecule is CC(CO)(NC(=O)c1cc(CNC(=O)OCC2c3ccccc3-c3ccccc32)on1)C(=O)O. The number of aliphatic hydroxyl groups is 1. The molecule has 3 aromatic rings. The summed E-state index contributed by atoms with van der Waals surface area (Å²) in [5, 5.41) is 26.7. The van der Waals surface area contributed by atoms with Crippen LogP contribution in [0.15, 0.2) is 59.1 Å². The van der Waals surface area contributed by atoms with Crippen molar-refractivity contribution in [3.8, 4) is 11.1 Å². The molecule has 176 valence electrons. The molecule has 1 heterocycles. The maximum atomic E-state index is 12.3. The van der Waals surface area contributed by atoms with E-state index in [1.165, 1.54) is 6.07 Å². The smallest absolute Gasteiger partial charge is 0.407 e. The number of nitrogens with one attached hydrogen (secondary N) is 2. The van der Waals surface area contributed by atoms with E-state index < -0.39 is 30.1 Å². The van der Waals surface area contributed by atoms with Crippen LogP contribution < -0.4 is 10.6 Å². The van der Waals surface area contributed by atoms with Crippen LogP contribution in [0, 0.1) is 0 Å². The Labute approximate surface area is 194 Å². The lowest BCUT2D eigenvalue weighted by Crippen LogP contribution is -2.55. The number of hydrogen-bond donors (Lipinski definition) is 4. The number of carboxylic acids is 1. The highest BCUT2D eigenvalue weighted by Gasteiger charge is 2.35. The summed E-state index contributed by atoms with van der Waals surface area (Å²) in [5.74, 6) is -2.15. The predicted molar refractivity (Wildman–Crippen MR) is 119 cm³/mol. The van der Waals surface area contributed by atoms with Gasteiger partial charge in [0, 0.05) is 12.0 Å². The van der Waals surface area contributed by atoms with Crippen LogP contribution in [0.4, 0.5) is 4.79 Å². The zero-order valence-corrected chi connectivity index (χ0v) is 18.3. The molecule has 1 aliphatic carbocycles. The number of aliphatic hydroxyl groups excluding tert-OH is 1. The Bertz CT molecular complexity index is 1190. The standard InChI is InChI=1S/C24H23N3O7/c1-24(13-28,22(30)31)26-21(29)20-10-14(34-27-20)11-25-23(32)33-12-19-17-8-4-2-6-15(17)16-7-3-5-9-18(16)19/h2-10,19,28H,11-13H2,1H3,(H,25,32)(H,26,29)(H,30,31). The maximum absolute atomic E-state index is 12.3. The van der Waals surface area contributed by atoms with E-state index in [2.05, 4.69) is 15.8 Å². The van der Waals surface area contributed by atoms with E-state index >= 15 is 0 Å². The number of carbonyl (C=O) groups is 3. The first-order chi connectivity index (χ1) is 16.3. The lowest BCUT2D eigenvalue weighted by atomic mass is 9.98. The van der Waals surface area contributed by atoms with Gasteiger partial charge in [-0.3, -0.25) is 4.79 Å². The van der Waals surface area contributed by atoms with Crippen LogP contribution in [0.3, 0.4) is 0 Å². The molecule has 0 aliphatic heterocycles. The number of ether oxygens (including phenoxy) is 1. The summed E-state index contributed by atoms with van der Waals surface area (Å²) < 4.78 is 10.5. The number of aliphatic carboxylic acids is 1. The monoisotopic (exact) mass is 465 g/mol. The van der Waals surface area contributed by atoms with Crippen LogP contribution in [0.5, 0.6) is 0 Å². The summed E-state index contributed by atoms with van der Waals surface area (Å²) in [5.41, 5.74) is 2.39. The first kappa shape index (κ1) is 23.0. The van der Waals surface area contributed by atoms with Gasteiger partial charge in [-0.25, -0.2) is 9.59 Å². The number of alkyl carbamates (subject to hydrolysis) is 1. The molecule has 0 saturated carbocycles. The van der Waals surface area contributed by atoms with Crippen molar-refractivity contribution in [2.45, 2.75) is 24.9 Å². The number of hydrogen-bond acceptors (Lipinski definition) is 7. The molecule has 0 bridgehead atoms. The van der Waals surface area contributed by atoms with Gasteiger partial charge in [0.15, 0.2) is 17.0 Å². The molecule has 0 radical (unpaired) electrons. The minimum absolute atomic E-state index is 0.0752. The van der Waals surface area contributed by atoms with E-state index in [4.69, 9.17) is 14.4 Å². The number of aromatic nitrogens is 1. The fourth-order valence-corrected chi connectivity index (χ4v) is 3.79. The number of amides is 2. The summed E-state index contributed by atoms with van der Waals surface area (Å²) in [4.78, 5) is 35.7. The van der Waals surface area contributed by atoms with E-state index in [-0.39, 0.29) is 30.5 Å². The molecule has 1 unspecified atom stereocenters. The average molecular weight is 465 g/mol. The van der Waals surface area contributed by atoms with Gasteiger partial charge < -0.3 is 30.1 Å². The quantitative estimate of drug-likeness (QED) is 0.396. The Balaban J connectivity index is 1.32. The van der Waals surface area contributed by atoms with Gasteiger partial charge in [0.1, 0.15) is 6.61 Å². The molecular weight excluding hydrogens is 442 g/mol. The summed E-state index contributed by atoms with van der Waals surface area (Å²) in [6.07, 6.45) is -0.664. The van der Waals surface area contributed by atoms with Crippen LogP contribution in [0.25, 0.3) is 11.1 Å². The fraction of sp³-hybridized carbons (Fsp3) is 0.250. The molecule has 1 aromatic heterocycles. The Morgan fingerprint density at radius 2 is 1.71 bits per heavy atom. The average Bonchev–Trinajstić information content (AvgIpc) is 3.44. The third kappa shape index (κ3) is 4.48. The van der Waals surface area contributed by atoms with E-state index in [0.29, 0.717) is 0 Å². The second-order valence-corrected chi connectivity index (χ2v) is 8.11. The van der Waals surface area contributed by atoms with Gasteiger partial charge in [-0.2, -0.15) is 0 Å². The van der Waals surface area contributed by atoms with Crippen LogP contribution in [-0.4, -0.2) is 52.1 Å². The molecule has 1 atom stereocenters. The highest BCUT2D eigenvalue weighted by Crippen LogP contribution is 2.44. The van der Waals surface area contributed by atoms with Gasteiger partial charge in [-0.1, -0.05) is 53.7 Å².